The van der Waals surface area contributed by atoms with Gasteiger partial charge in [0.1, 0.15) is 5.75 Å². The van der Waals surface area contributed by atoms with Crippen molar-refractivity contribution in [3.05, 3.63) is 24.3 Å². The predicted octanol–water partition coefficient (Wildman–Crippen LogP) is 0.850. The van der Waals surface area contributed by atoms with Crippen LogP contribution in [0.15, 0.2) is 24.3 Å². The lowest BCUT2D eigenvalue weighted by Gasteiger charge is -2.17. The summed E-state index contributed by atoms with van der Waals surface area (Å²) in [6, 6.07) is 7.09. The summed E-state index contributed by atoms with van der Waals surface area (Å²) in [4.78, 5) is 0. The fourth-order valence-electron chi connectivity index (χ4n) is 1.24. The SMILES string of the molecule is CCOc1ccccc1NC(CO)CO. The molecular weight excluding hydrogens is 194 g/mol. The fourth-order valence-corrected chi connectivity index (χ4v) is 1.24. The Hall–Kier alpha value is -1.26. The van der Waals surface area contributed by atoms with Crippen molar-refractivity contribution in [1.82, 2.24) is 0 Å². The molecule has 0 bridgehead atoms. The molecule has 1 rings (SSSR count). The highest BCUT2D eigenvalue weighted by Gasteiger charge is 2.08. The minimum absolute atomic E-state index is 0.114. The molecule has 15 heavy (non-hydrogen) atoms. The van der Waals surface area contributed by atoms with Gasteiger partial charge in [-0.3, -0.25) is 0 Å². The summed E-state index contributed by atoms with van der Waals surface area (Å²) in [6.45, 7) is 2.27. The maximum absolute atomic E-state index is 8.94. The monoisotopic (exact) mass is 211 g/mol. The molecule has 0 saturated heterocycles. The van der Waals surface area contributed by atoms with Crippen LogP contribution >= 0.6 is 0 Å². The van der Waals surface area contributed by atoms with Gasteiger partial charge in [0.05, 0.1) is 31.5 Å². The highest BCUT2D eigenvalue weighted by atomic mass is 16.5. The van der Waals surface area contributed by atoms with E-state index >= 15 is 0 Å². The van der Waals surface area contributed by atoms with Crippen molar-refractivity contribution >= 4 is 5.69 Å². The molecule has 0 fully saturated rings. The number of ether oxygens (including phenoxy) is 1. The Kier molecular flexibility index (Phi) is 4.93. The number of nitrogens with one attached hydrogen (secondary N) is 1. The van der Waals surface area contributed by atoms with E-state index in [1.165, 1.54) is 0 Å². The third-order valence-corrected chi connectivity index (χ3v) is 1.99. The van der Waals surface area contributed by atoms with E-state index in [-0.39, 0.29) is 19.3 Å². The van der Waals surface area contributed by atoms with Crippen molar-refractivity contribution in [1.29, 1.82) is 0 Å². The van der Waals surface area contributed by atoms with Crippen LogP contribution in [-0.2, 0) is 0 Å². The van der Waals surface area contributed by atoms with Gasteiger partial charge in [0, 0.05) is 0 Å². The maximum atomic E-state index is 8.94. The van der Waals surface area contributed by atoms with Crippen molar-refractivity contribution in [3.63, 3.8) is 0 Å². The van der Waals surface area contributed by atoms with Crippen LogP contribution in [0.5, 0.6) is 5.75 Å². The highest BCUT2D eigenvalue weighted by Crippen LogP contribution is 2.24. The van der Waals surface area contributed by atoms with E-state index in [0.717, 1.165) is 11.4 Å². The minimum Gasteiger partial charge on any atom is -0.492 e. The Balaban J connectivity index is 2.73. The predicted molar refractivity (Wildman–Crippen MR) is 59.2 cm³/mol. The van der Waals surface area contributed by atoms with Crippen molar-refractivity contribution in [2.45, 2.75) is 13.0 Å². The standard InChI is InChI=1S/C11H17NO3/c1-2-15-11-6-4-3-5-10(11)12-9(7-13)8-14/h3-6,9,12-14H,2,7-8H2,1H3. The van der Waals surface area contributed by atoms with Crippen LogP contribution in [0.1, 0.15) is 6.92 Å². The Bertz CT molecular complexity index is 287. The summed E-state index contributed by atoms with van der Waals surface area (Å²) >= 11 is 0. The van der Waals surface area contributed by atoms with Crippen LogP contribution < -0.4 is 10.1 Å². The average Bonchev–Trinajstić information content (AvgIpc) is 2.28. The smallest absolute Gasteiger partial charge is 0.142 e. The van der Waals surface area contributed by atoms with E-state index in [4.69, 9.17) is 14.9 Å². The molecule has 4 nitrogen and oxygen atoms in total. The summed E-state index contributed by atoms with van der Waals surface area (Å²) in [7, 11) is 0. The number of aliphatic hydroxyl groups is 2. The van der Waals surface area contributed by atoms with Crippen molar-refractivity contribution in [2.75, 3.05) is 25.1 Å². The van der Waals surface area contributed by atoms with Gasteiger partial charge in [-0.15, -0.1) is 0 Å². The van der Waals surface area contributed by atoms with Crippen LogP contribution in [0, 0.1) is 0 Å². The Morgan fingerprint density at radius 3 is 2.53 bits per heavy atom. The molecule has 1 aromatic carbocycles. The van der Waals surface area contributed by atoms with Crippen molar-refractivity contribution in [3.8, 4) is 5.75 Å². The normalized spacial score (nSPS) is 10.4. The lowest BCUT2D eigenvalue weighted by Crippen LogP contribution is -2.27. The summed E-state index contributed by atoms with van der Waals surface area (Å²) in [5, 5.41) is 20.9. The second kappa shape index (κ2) is 6.27. The molecule has 0 saturated carbocycles. The molecule has 0 unspecified atom stereocenters. The Labute approximate surface area is 89.5 Å². The molecule has 0 atom stereocenters. The number of anilines is 1. The molecule has 1 aromatic rings. The molecule has 0 spiro atoms. The van der Waals surface area contributed by atoms with E-state index in [1.54, 1.807) is 0 Å². The first kappa shape index (κ1) is 11.8. The zero-order chi connectivity index (χ0) is 11.1. The summed E-state index contributed by atoms with van der Waals surface area (Å²) in [5.74, 6) is 0.729. The number of aliphatic hydroxyl groups excluding tert-OH is 2. The number of para-hydroxylation sites is 2. The lowest BCUT2D eigenvalue weighted by molar-refractivity contribution is 0.203. The quantitative estimate of drug-likeness (QED) is 0.653. The van der Waals surface area contributed by atoms with Crippen LogP contribution in [0.3, 0.4) is 0 Å². The zero-order valence-electron chi connectivity index (χ0n) is 8.81. The Morgan fingerprint density at radius 2 is 1.93 bits per heavy atom. The van der Waals surface area contributed by atoms with E-state index in [2.05, 4.69) is 5.32 Å². The molecule has 3 N–H and O–H groups in total. The number of benzene rings is 1. The summed E-state index contributed by atoms with van der Waals surface area (Å²) < 4.78 is 5.40. The van der Waals surface area contributed by atoms with E-state index < -0.39 is 0 Å². The van der Waals surface area contributed by atoms with Gasteiger partial charge < -0.3 is 20.3 Å². The molecule has 0 aliphatic heterocycles. The van der Waals surface area contributed by atoms with Crippen LogP contribution in [-0.4, -0.2) is 36.1 Å². The van der Waals surface area contributed by atoms with Gasteiger partial charge in [-0.2, -0.15) is 0 Å². The molecule has 84 valence electrons. The van der Waals surface area contributed by atoms with Gasteiger partial charge in [-0.25, -0.2) is 0 Å². The van der Waals surface area contributed by atoms with Gasteiger partial charge in [-0.05, 0) is 19.1 Å². The molecule has 4 heteroatoms. The van der Waals surface area contributed by atoms with E-state index in [9.17, 15) is 0 Å². The maximum Gasteiger partial charge on any atom is 0.142 e. The van der Waals surface area contributed by atoms with Gasteiger partial charge >= 0.3 is 0 Å². The first-order valence-electron chi connectivity index (χ1n) is 5.01. The van der Waals surface area contributed by atoms with E-state index in [1.807, 2.05) is 31.2 Å². The molecule has 0 heterocycles. The third-order valence-electron chi connectivity index (χ3n) is 1.99. The molecule has 0 aliphatic carbocycles. The van der Waals surface area contributed by atoms with Gasteiger partial charge in [0.15, 0.2) is 0 Å². The van der Waals surface area contributed by atoms with Crippen LogP contribution in [0.4, 0.5) is 5.69 Å². The molecule has 0 radical (unpaired) electrons. The topological polar surface area (TPSA) is 61.7 Å². The Morgan fingerprint density at radius 1 is 1.27 bits per heavy atom. The molecule has 0 amide bonds. The summed E-state index contributed by atoms with van der Waals surface area (Å²) in [6.07, 6.45) is 0. The zero-order valence-corrected chi connectivity index (χ0v) is 8.81. The number of hydrogen-bond donors (Lipinski definition) is 3. The van der Waals surface area contributed by atoms with E-state index in [0.29, 0.717) is 6.61 Å². The van der Waals surface area contributed by atoms with Gasteiger partial charge in [0.25, 0.3) is 0 Å². The van der Waals surface area contributed by atoms with Gasteiger partial charge in [-0.1, -0.05) is 12.1 Å². The van der Waals surface area contributed by atoms with Crippen LogP contribution in [0.2, 0.25) is 0 Å². The largest absolute Gasteiger partial charge is 0.492 e. The van der Waals surface area contributed by atoms with Gasteiger partial charge in [0.2, 0.25) is 0 Å². The molecular formula is C11H17NO3. The lowest BCUT2D eigenvalue weighted by atomic mass is 10.2. The third kappa shape index (κ3) is 3.42. The second-order valence-corrected chi connectivity index (χ2v) is 3.14. The average molecular weight is 211 g/mol. The first-order valence-corrected chi connectivity index (χ1v) is 5.01. The fraction of sp³-hybridized carbons (Fsp3) is 0.455. The first-order chi connectivity index (χ1) is 7.31. The number of rotatable bonds is 6. The number of hydrogen-bond acceptors (Lipinski definition) is 4. The summed E-state index contributed by atoms with van der Waals surface area (Å²) in [5.41, 5.74) is 0.785. The second-order valence-electron chi connectivity index (χ2n) is 3.14. The highest BCUT2D eigenvalue weighted by molar-refractivity contribution is 5.56. The van der Waals surface area contributed by atoms with Crippen molar-refractivity contribution < 1.29 is 14.9 Å². The van der Waals surface area contributed by atoms with Crippen molar-refractivity contribution in [2.24, 2.45) is 0 Å². The minimum atomic E-state index is -0.355. The molecule has 0 aromatic heterocycles. The molecule has 0 aliphatic rings. The van der Waals surface area contributed by atoms with Crippen LogP contribution in [0.25, 0.3) is 0 Å².